The molecular formula is C16H27N3. The summed E-state index contributed by atoms with van der Waals surface area (Å²) in [6.45, 7) is 6.45. The molecule has 1 aromatic heterocycles. The maximum atomic E-state index is 5.99. The number of nitrogens with two attached hydrogens (primary N) is 1. The van der Waals surface area contributed by atoms with E-state index in [1.165, 1.54) is 31.2 Å². The molecule has 2 N–H and O–H groups in total. The van der Waals surface area contributed by atoms with Crippen LogP contribution in [0, 0.1) is 5.92 Å². The molecule has 3 nitrogen and oxygen atoms in total. The van der Waals surface area contributed by atoms with E-state index >= 15 is 0 Å². The van der Waals surface area contributed by atoms with Crippen molar-refractivity contribution >= 4 is 0 Å². The molecule has 0 spiro atoms. The van der Waals surface area contributed by atoms with Gasteiger partial charge in [0.2, 0.25) is 0 Å². The molecule has 2 rings (SSSR count). The summed E-state index contributed by atoms with van der Waals surface area (Å²) < 4.78 is 0. The number of hydrogen-bond donors (Lipinski definition) is 1. The summed E-state index contributed by atoms with van der Waals surface area (Å²) in [5.74, 6) is 0.660. The lowest BCUT2D eigenvalue weighted by Crippen LogP contribution is -2.46. The molecular weight excluding hydrogens is 234 g/mol. The number of pyridine rings is 1. The summed E-state index contributed by atoms with van der Waals surface area (Å²) in [5, 5.41) is 0. The highest BCUT2D eigenvalue weighted by molar-refractivity contribution is 5.13. The summed E-state index contributed by atoms with van der Waals surface area (Å²) in [7, 11) is 0. The van der Waals surface area contributed by atoms with Crippen molar-refractivity contribution in [2.45, 2.75) is 51.6 Å². The van der Waals surface area contributed by atoms with Crippen LogP contribution in [0.15, 0.2) is 24.5 Å². The molecule has 0 bridgehead atoms. The van der Waals surface area contributed by atoms with Crippen LogP contribution in [0.4, 0.5) is 0 Å². The van der Waals surface area contributed by atoms with Gasteiger partial charge >= 0.3 is 0 Å². The van der Waals surface area contributed by atoms with Crippen molar-refractivity contribution in [2.75, 3.05) is 13.1 Å². The van der Waals surface area contributed by atoms with Crippen LogP contribution in [-0.4, -0.2) is 29.0 Å². The van der Waals surface area contributed by atoms with Gasteiger partial charge in [-0.3, -0.25) is 9.88 Å². The fourth-order valence-electron chi connectivity index (χ4n) is 3.51. The van der Waals surface area contributed by atoms with Gasteiger partial charge in [0.1, 0.15) is 0 Å². The molecule has 0 aliphatic heterocycles. The van der Waals surface area contributed by atoms with Gasteiger partial charge in [-0.05, 0) is 50.4 Å². The molecule has 106 valence electrons. The number of aromatic nitrogens is 1. The van der Waals surface area contributed by atoms with Gasteiger partial charge in [0.05, 0.1) is 0 Å². The Bertz CT molecular complexity index is 366. The molecule has 0 radical (unpaired) electrons. The fraction of sp³-hybridized carbons (Fsp3) is 0.688. The van der Waals surface area contributed by atoms with Crippen molar-refractivity contribution in [3.8, 4) is 0 Å². The van der Waals surface area contributed by atoms with E-state index in [2.05, 4.69) is 29.8 Å². The fourth-order valence-corrected chi connectivity index (χ4v) is 3.51. The normalized spacial score (nSPS) is 25.5. The van der Waals surface area contributed by atoms with E-state index in [9.17, 15) is 0 Å². The molecule has 1 heterocycles. The average Bonchev–Trinajstić information content (AvgIpc) is 2.49. The Kier molecular flexibility index (Phi) is 5.34. The Labute approximate surface area is 117 Å². The van der Waals surface area contributed by atoms with Gasteiger partial charge in [0.15, 0.2) is 0 Å². The Morgan fingerprint density at radius 2 is 2.21 bits per heavy atom. The van der Waals surface area contributed by atoms with Gasteiger partial charge in [-0.2, -0.15) is 0 Å². The molecule has 3 unspecified atom stereocenters. The summed E-state index contributed by atoms with van der Waals surface area (Å²) in [4.78, 5) is 6.87. The van der Waals surface area contributed by atoms with Crippen molar-refractivity contribution in [1.82, 2.24) is 9.88 Å². The SMILES string of the molecule is CCN(C(C)c1cccnc1)C1CCCCC1CN. The third kappa shape index (κ3) is 3.34. The number of nitrogens with zero attached hydrogens (tertiary/aromatic N) is 2. The number of hydrogen-bond acceptors (Lipinski definition) is 3. The van der Waals surface area contributed by atoms with Crippen molar-refractivity contribution in [3.05, 3.63) is 30.1 Å². The van der Waals surface area contributed by atoms with Gasteiger partial charge in [0.25, 0.3) is 0 Å². The monoisotopic (exact) mass is 261 g/mol. The number of rotatable bonds is 5. The van der Waals surface area contributed by atoms with E-state index in [1.54, 1.807) is 0 Å². The first kappa shape index (κ1) is 14.5. The zero-order chi connectivity index (χ0) is 13.7. The smallest absolute Gasteiger partial charge is 0.0338 e. The lowest BCUT2D eigenvalue weighted by Gasteiger charge is -2.42. The van der Waals surface area contributed by atoms with E-state index in [0.29, 0.717) is 18.0 Å². The van der Waals surface area contributed by atoms with E-state index < -0.39 is 0 Å². The van der Waals surface area contributed by atoms with Gasteiger partial charge in [-0.1, -0.05) is 25.8 Å². The van der Waals surface area contributed by atoms with Crippen LogP contribution >= 0.6 is 0 Å². The first-order valence-corrected chi connectivity index (χ1v) is 7.63. The molecule has 1 fully saturated rings. The van der Waals surface area contributed by atoms with Crippen LogP contribution in [0.5, 0.6) is 0 Å². The zero-order valence-corrected chi connectivity index (χ0v) is 12.3. The quantitative estimate of drug-likeness (QED) is 0.886. The predicted octanol–water partition coefficient (Wildman–Crippen LogP) is 2.98. The molecule has 19 heavy (non-hydrogen) atoms. The van der Waals surface area contributed by atoms with Crippen LogP contribution in [0.1, 0.15) is 51.1 Å². The van der Waals surface area contributed by atoms with Gasteiger partial charge in [-0.15, -0.1) is 0 Å². The maximum absolute atomic E-state index is 5.99. The summed E-state index contributed by atoms with van der Waals surface area (Å²) in [5.41, 5.74) is 7.30. The second-order valence-electron chi connectivity index (χ2n) is 5.64. The summed E-state index contributed by atoms with van der Waals surface area (Å²) >= 11 is 0. The van der Waals surface area contributed by atoms with Crippen molar-refractivity contribution in [1.29, 1.82) is 0 Å². The summed E-state index contributed by atoms with van der Waals surface area (Å²) in [6, 6.07) is 5.27. The van der Waals surface area contributed by atoms with E-state index in [-0.39, 0.29) is 0 Å². The van der Waals surface area contributed by atoms with Crippen LogP contribution in [0.2, 0.25) is 0 Å². The molecule has 1 saturated carbocycles. The first-order valence-electron chi connectivity index (χ1n) is 7.63. The van der Waals surface area contributed by atoms with Gasteiger partial charge in [0, 0.05) is 24.5 Å². The maximum Gasteiger partial charge on any atom is 0.0338 e. The molecule has 3 heteroatoms. The Balaban J connectivity index is 2.14. The molecule has 1 aliphatic carbocycles. The highest BCUT2D eigenvalue weighted by atomic mass is 15.2. The molecule has 1 aliphatic rings. The van der Waals surface area contributed by atoms with E-state index in [1.807, 2.05) is 18.5 Å². The average molecular weight is 261 g/mol. The standard InChI is InChI=1S/C16H27N3/c1-3-19(13(2)15-8-6-10-18-12-15)16-9-5-4-7-14(16)11-17/h6,8,10,12-14,16H,3-5,7,9,11,17H2,1-2H3. The van der Waals surface area contributed by atoms with Crippen LogP contribution in [-0.2, 0) is 0 Å². The minimum absolute atomic E-state index is 0.427. The van der Waals surface area contributed by atoms with Gasteiger partial charge < -0.3 is 5.73 Å². The van der Waals surface area contributed by atoms with E-state index in [0.717, 1.165) is 13.1 Å². The van der Waals surface area contributed by atoms with Crippen LogP contribution in [0.25, 0.3) is 0 Å². The third-order valence-electron chi connectivity index (χ3n) is 4.63. The van der Waals surface area contributed by atoms with Crippen LogP contribution < -0.4 is 5.73 Å². The summed E-state index contributed by atoms with van der Waals surface area (Å²) in [6.07, 6.45) is 9.11. The lowest BCUT2D eigenvalue weighted by atomic mass is 9.82. The largest absolute Gasteiger partial charge is 0.330 e. The molecule has 3 atom stereocenters. The lowest BCUT2D eigenvalue weighted by molar-refractivity contribution is 0.0768. The highest BCUT2D eigenvalue weighted by Crippen LogP contribution is 2.32. The first-order chi connectivity index (χ1) is 9.27. The predicted molar refractivity (Wildman–Crippen MR) is 79.8 cm³/mol. The minimum atomic E-state index is 0.427. The highest BCUT2D eigenvalue weighted by Gasteiger charge is 2.31. The topological polar surface area (TPSA) is 42.2 Å². The van der Waals surface area contributed by atoms with Crippen LogP contribution in [0.3, 0.4) is 0 Å². The second kappa shape index (κ2) is 7.01. The third-order valence-corrected chi connectivity index (χ3v) is 4.63. The zero-order valence-electron chi connectivity index (χ0n) is 12.3. The van der Waals surface area contributed by atoms with Crippen molar-refractivity contribution in [2.24, 2.45) is 11.7 Å². The molecule has 0 saturated heterocycles. The van der Waals surface area contributed by atoms with Crippen molar-refractivity contribution < 1.29 is 0 Å². The molecule has 0 amide bonds. The Hall–Kier alpha value is -0.930. The Morgan fingerprint density at radius 3 is 2.84 bits per heavy atom. The second-order valence-corrected chi connectivity index (χ2v) is 5.64. The Morgan fingerprint density at radius 1 is 1.42 bits per heavy atom. The van der Waals surface area contributed by atoms with E-state index in [4.69, 9.17) is 5.73 Å². The van der Waals surface area contributed by atoms with Crippen molar-refractivity contribution in [3.63, 3.8) is 0 Å². The van der Waals surface area contributed by atoms with Gasteiger partial charge in [-0.25, -0.2) is 0 Å². The molecule has 0 aromatic carbocycles. The molecule has 1 aromatic rings. The minimum Gasteiger partial charge on any atom is -0.330 e.